The molecule has 0 bridgehead atoms. The van der Waals surface area contributed by atoms with Gasteiger partial charge >= 0.3 is 38.7 Å². The second-order valence-electron chi connectivity index (χ2n) is 1.06. The first kappa shape index (κ1) is 18.4. The molecule has 0 atom stereocenters. The van der Waals surface area contributed by atoms with Crippen LogP contribution in [0.1, 0.15) is 0 Å². The van der Waals surface area contributed by atoms with E-state index >= 15 is 0 Å². The van der Waals surface area contributed by atoms with Crippen LogP contribution in [0, 0.1) is 0 Å². The van der Waals surface area contributed by atoms with Gasteiger partial charge in [-0.05, 0) is 0 Å². The molecule has 0 aliphatic heterocycles. The minimum absolute atomic E-state index is 0. The Morgan fingerprint density at radius 2 is 1.09 bits per heavy atom. The summed E-state index contributed by atoms with van der Waals surface area (Å²) in [5.74, 6) is 0. The summed E-state index contributed by atoms with van der Waals surface area (Å²) in [5, 5.41) is 0. The first-order valence-corrected chi connectivity index (χ1v) is 4.59. The Labute approximate surface area is 90.9 Å². The topological polar surface area (TPSA) is 124 Å². The van der Waals surface area contributed by atoms with Gasteiger partial charge < -0.3 is 19.6 Å². The second kappa shape index (κ2) is 6.16. The molecule has 0 amide bonds. The zero-order valence-electron chi connectivity index (χ0n) is 4.62. The van der Waals surface area contributed by atoms with Crippen molar-refractivity contribution >= 4 is 38.7 Å². The van der Waals surface area contributed by atoms with Crippen LogP contribution in [0.5, 0.6) is 0 Å². The Hall–Kier alpha value is 1.65. The summed E-state index contributed by atoms with van der Waals surface area (Å²) in [6, 6.07) is 0. The van der Waals surface area contributed by atoms with Gasteiger partial charge in [0.25, 0.3) is 0 Å². The van der Waals surface area contributed by atoms with Gasteiger partial charge in [0.15, 0.2) is 0 Å². The number of rotatable bonds is 2. The van der Waals surface area contributed by atoms with Gasteiger partial charge in [-0.1, -0.05) is 0 Å². The van der Waals surface area contributed by atoms with Crippen molar-refractivity contribution in [3.8, 4) is 0 Å². The first-order valence-electron chi connectivity index (χ1n) is 1.53. The van der Waals surface area contributed by atoms with Crippen LogP contribution in [0.25, 0.3) is 0 Å². The van der Waals surface area contributed by atoms with Gasteiger partial charge in [0.2, 0.25) is 0 Å². The minimum Gasteiger partial charge on any atom is -0.302 e. The molecule has 0 aromatic heterocycles. The number of phosphoric acid groups is 2. The van der Waals surface area contributed by atoms with E-state index < -0.39 is 15.6 Å². The van der Waals surface area contributed by atoms with Crippen LogP contribution in [0.15, 0.2) is 0 Å². The number of hydrogen-bond donors (Lipinski definition) is 4. The van der Waals surface area contributed by atoms with Gasteiger partial charge in [-0.25, -0.2) is 9.13 Å². The molecule has 0 heterocycles. The molecule has 0 spiro atoms. The summed E-state index contributed by atoms with van der Waals surface area (Å²) < 4.78 is 22.2. The van der Waals surface area contributed by atoms with Crippen LogP contribution < -0.4 is 0 Å². The van der Waals surface area contributed by atoms with E-state index in [1.165, 1.54) is 0 Å². The van der Waals surface area contributed by atoms with Crippen molar-refractivity contribution in [1.29, 1.82) is 0 Å². The van der Waals surface area contributed by atoms with Gasteiger partial charge in [0.05, 0.1) is 0 Å². The van der Waals surface area contributed by atoms with E-state index in [0.29, 0.717) is 0 Å². The summed E-state index contributed by atoms with van der Waals surface area (Å²) in [4.78, 5) is 31.0. The van der Waals surface area contributed by atoms with Crippen molar-refractivity contribution in [2.75, 3.05) is 0 Å². The Morgan fingerprint density at radius 3 is 1.09 bits per heavy atom. The Morgan fingerprint density at radius 1 is 0.909 bits per heavy atom. The minimum atomic E-state index is -5.05. The molecule has 62 valence electrons. The van der Waals surface area contributed by atoms with Crippen molar-refractivity contribution in [3.05, 3.63) is 0 Å². The molecular formula is H6MgO7P2Zn. The van der Waals surface area contributed by atoms with Crippen molar-refractivity contribution in [1.82, 2.24) is 0 Å². The zero-order valence-corrected chi connectivity index (χ0v) is 9.37. The largest absolute Gasteiger partial charge is 0.478 e. The molecule has 0 aliphatic rings. The predicted molar refractivity (Wildman–Crippen MR) is 33.7 cm³/mol. The van der Waals surface area contributed by atoms with Crippen LogP contribution in [-0.4, -0.2) is 42.6 Å². The summed E-state index contributed by atoms with van der Waals surface area (Å²) >= 11 is 0. The maximum absolute atomic E-state index is 9.63. The second-order valence-corrected chi connectivity index (χ2v) is 3.68. The third-order valence-corrected chi connectivity index (χ3v) is 1.91. The van der Waals surface area contributed by atoms with Crippen molar-refractivity contribution < 1.29 is 52.5 Å². The van der Waals surface area contributed by atoms with E-state index in [4.69, 9.17) is 19.6 Å². The van der Waals surface area contributed by atoms with E-state index in [0.717, 1.165) is 0 Å². The molecule has 0 fully saturated rings. The van der Waals surface area contributed by atoms with E-state index in [2.05, 4.69) is 4.31 Å². The van der Waals surface area contributed by atoms with E-state index in [-0.39, 0.29) is 42.5 Å². The van der Waals surface area contributed by atoms with Crippen LogP contribution in [0.4, 0.5) is 0 Å². The Bertz CT molecular complexity index is 157. The molecular weight excluding hydrogens is 264 g/mol. The molecule has 0 aliphatic carbocycles. The molecule has 4 N–H and O–H groups in total. The third-order valence-electron chi connectivity index (χ3n) is 0.213. The van der Waals surface area contributed by atoms with Crippen molar-refractivity contribution in [2.24, 2.45) is 0 Å². The molecule has 0 aromatic carbocycles. The van der Waals surface area contributed by atoms with E-state index in [9.17, 15) is 9.13 Å². The third kappa shape index (κ3) is 18.5. The summed E-state index contributed by atoms with van der Waals surface area (Å²) in [7, 11) is -10.1. The number of hydrogen-bond acceptors (Lipinski definition) is 3. The molecule has 0 saturated heterocycles. The Balaban J connectivity index is -0.000000320. The summed E-state index contributed by atoms with van der Waals surface area (Å²) in [6.45, 7) is 0. The van der Waals surface area contributed by atoms with Gasteiger partial charge in [0.1, 0.15) is 0 Å². The van der Waals surface area contributed by atoms with Gasteiger partial charge in [-0.15, -0.1) is 0 Å². The van der Waals surface area contributed by atoms with Crippen LogP contribution >= 0.6 is 15.6 Å². The fourth-order valence-electron chi connectivity index (χ4n) is 0.139. The van der Waals surface area contributed by atoms with E-state index in [1.807, 2.05) is 0 Å². The Kier molecular flexibility index (Phi) is 10.3. The first-order chi connectivity index (χ1) is 3.71. The van der Waals surface area contributed by atoms with Crippen LogP contribution in [0.2, 0.25) is 0 Å². The molecule has 0 saturated carbocycles. The summed E-state index contributed by atoms with van der Waals surface area (Å²) in [6.07, 6.45) is 0. The molecule has 7 nitrogen and oxygen atoms in total. The molecule has 11 heavy (non-hydrogen) atoms. The maximum Gasteiger partial charge on any atom is 0.478 e. The van der Waals surface area contributed by atoms with Crippen molar-refractivity contribution in [2.45, 2.75) is 0 Å². The van der Waals surface area contributed by atoms with Crippen molar-refractivity contribution in [3.63, 3.8) is 0 Å². The van der Waals surface area contributed by atoms with Gasteiger partial charge in [-0.2, -0.15) is 4.31 Å². The molecule has 0 radical (unpaired) electrons. The predicted octanol–water partition coefficient (Wildman–Crippen LogP) is -1.73. The molecule has 0 rings (SSSR count). The quantitative estimate of drug-likeness (QED) is 0.347. The molecule has 0 unspecified atom stereocenters. The fraction of sp³-hybridized carbons (Fsp3) is 0. The average Bonchev–Trinajstić information content (AvgIpc) is 1.14. The zero-order chi connectivity index (χ0) is 7.71. The standard InChI is InChI=1S/Mg.H4O7P2.Zn.2H/c;1-8(2,3)7-9(4,5)6;;;/h;(H2,1,2,3)(H2,4,5,6);;;. The maximum atomic E-state index is 9.63. The normalized spacial score (nSPS) is 11.3. The summed E-state index contributed by atoms with van der Waals surface area (Å²) in [5.41, 5.74) is 0. The molecule has 0 aromatic rings. The smallest absolute Gasteiger partial charge is 0.302 e. The van der Waals surface area contributed by atoms with Crippen LogP contribution in [0.3, 0.4) is 0 Å². The van der Waals surface area contributed by atoms with Crippen LogP contribution in [-0.2, 0) is 32.9 Å². The molecule has 11 heteroatoms. The van der Waals surface area contributed by atoms with E-state index in [1.54, 1.807) is 0 Å². The van der Waals surface area contributed by atoms with Gasteiger partial charge in [0, 0.05) is 19.5 Å². The fourth-order valence-corrected chi connectivity index (χ4v) is 1.25. The van der Waals surface area contributed by atoms with Gasteiger partial charge in [-0.3, -0.25) is 0 Å². The monoisotopic (exact) mass is 268 g/mol. The SMILES string of the molecule is O=P(O)(O)OP(=O)(O)O.[MgH2].[Zn]. The average molecular weight is 270 g/mol.